The highest BCUT2D eigenvalue weighted by molar-refractivity contribution is 5.69. The van der Waals surface area contributed by atoms with Crippen LogP contribution in [0.1, 0.15) is 107 Å². The van der Waals surface area contributed by atoms with E-state index < -0.39 is 6.16 Å². The van der Waals surface area contributed by atoms with Crippen LogP contribution in [0.2, 0.25) is 0 Å². The maximum atomic E-state index is 12.9. The predicted molar refractivity (Wildman–Crippen MR) is 196 cm³/mol. The van der Waals surface area contributed by atoms with E-state index in [1.807, 2.05) is 36.4 Å². The standard InChI is InChI=1S/C44H50O6/c1-30(2)40-25-28-43(4,33-11-19-36(47-5)20-12-33)29-41(40)32-9-17-38(18-10-32)49-42(46)50-39-23-15-35(16-24-39)44(26-7-6-8-27-44)34-13-21-37(22-14-34)48-31(3)45/h9-24,30,40-41H,6-8,25-29H2,1-5H3. The molecule has 50 heavy (non-hydrogen) atoms. The lowest BCUT2D eigenvalue weighted by Gasteiger charge is -2.45. The van der Waals surface area contributed by atoms with Gasteiger partial charge in [0.1, 0.15) is 23.0 Å². The lowest BCUT2D eigenvalue weighted by molar-refractivity contribution is -0.131. The maximum Gasteiger partial charge on any atom is 0.519 e. The first-order valence-corrected chi connectivity index (χ1v) is 18.1. The molecular weight excluding hydrogens is 624 g/mol. The van der Waals surface area contributed by atoms with Crippen LogP contribution in [0.3, 0.4) is 0 Å². The molecule has 0 radical (unpaired) electrons. The van der Waals surface area contributed by atoms with Crippen molar-refractivity contribution in [1.82, 2.24) is 0 Å². The lowest BCUT2D eigenvalue weighted by atomic mass is 9.59. The van der Waals surface area contributed by atoms with Crippen LogP contribution in [0.15, 0.2) is 97.1 Å². The molecule has 0 spiro atoms. The summed E-state index contributed by atoms with van der Waals surface area (Å²) in [6.07, 6.45) is 8.14. The van der Waals surface area contributed by atoms with E-state index in [1.165, 1.54) is 35.6 Å². The third-order valence-electron chi connectivity index (χ3n) is 11.4. The number of ether oxygens (including phenoxy) is 4. The molecule has 3 atom stereocenters. The van der Waals surface area contributed by atoms with E-state index in [9.17, 15) is 9.59 Å². The van der Waals surface area contributed by atoms with Gasteiger partial charge in [0.15, 0.2) is 0 Å². The van der Waals surface area contributed by atoms with Gasteiger partial charge in [0.2, 0.25) is 0 Å². The molecule has 0 amide bonds. The number of benzene rings is 4. The Bertz CT molecular complexity index is 1730. The Kier molecular flexibility index (Phi) is 10.7. The summed E-state index contributed by atoms with van der Waals surface area (Å²) < 4.78 is 21.9. The second-order valence-electron chi connectivity index (χ2n) is 14.9. The molecule has 0 heterocycles. The molecule has 3 unspecified atom stereocenters. The van der Waals surface area contributed by atoms with Gasteiger partial charge in [-0.1, -0.05) is 88.6 Å². The summed E-state index contributed by atoms with van der Waals surface area (Å²) in [4.78, 5) is 24.3. The van der Waals surface area contributed by atoms with E-state index in [0.717, 1.165) is 50.7 Å². The third-order valence-corrected chi connectivity index (χ3v) is 11.4. The lowest BCUT2D eigenvalue weighted by Crippen LogP contribution is -2.35. The van der Waals surface area contributed by atoms with Gasteiger partial charge in [-0.05, 0) is 126 Å². The minimum Gasteiger partial charge on any atom is -0.497 e. The van der Waals surface area contributed by atoms with Gasteiger partial charge in [0, 0.05) is 12.3 Å². The van der Waals surface area contributed by atoms with Crippen molar-refractivity contribution < 1.29 is 28.5 Å². The molecule has 0 saturated heterocycles. The van der Waals surface area contributed by atoms with Crippen molar-refractivity contribution in [3.8, 4) is 23.0 Å². The molecule has 4 aromatic carbocycles. The molecule has 0 bridgehead atoms. The van der Waals surface area contributed by atoms with Gasteiger partial charge < -0.3 is 18.9 Å². The van der Waals surface area contributed by atoms with Crippen LogP contribution in [0.4, 0.5) is 4.79 Å². The molecule has 0 aromatic heterocycles. The summed E-state index contributed by atoms with van der Waals surface area (Å²) in [5, 5.41) is 0. The van der Waals surface area contributed by atoms with Gasteiger partial charge in [0.25, 0.3) is 0 Å². The predicted octanol–water partition coefficient (Wildman–Crippen LogP) is 10.9. The summed E-state index contributed by atoms with van der Waals surface area (Å²) in [5.41, 5.74) is 4.93. The average Bonchev–Trinajstić information content (AvgIpc) is 3.12. The van der Waals surface area contributed by atoms with E-state index in [-0.39, 0.29) is 16.8 Å². The largest absolute Gasteiger partial charge is 0.519 e. The molecule has 0 N–H and O–H groups in total. The number of hydrogen-bond donors (Lipinski definition) is 0. The summed E-state index contributed by atoms with van der Waals surface area (Å²) >= 11 is 0. The molecule has 6 heteroatoms. The van der Waals surface area contributed by atoms with Crippen molar-refractivity contribution in [2.45, 2.75) is 95.8 Å². The van der Waals surface area contributed by atoms with E-state index >= 15 is 0 Å². The SMILES string of the molecule is COc1ccc(C2(C)CCC(C(C)C)C(c3ccc(OC(=O)Oc4ccc(C5(c6ccc(OC(C)=O)cc6)CCCCC5)cc4)cc3)C2)cc1. The Morgan fingerprint density at radius 1 is 0.640 bits per heavy atom. The van der Waals surface area contributed by atoms with E-state index in [2.05, 4.69) is 81.4 Å². The van der Waals surface area contributed by atoms with Crippen molar-refractivity contribution in [1.29, 1.82) is 0 Å². The second-order valence-corrected chi connectivity index (χ2v) is 14.9. The molecule has 262 valence electrons. The zero-order valence-electron chi connectivity index (χ0n) is 30.1. The second kappa shape index (κ2) is 15.1. The van der Waals surface area contributed by atoms with Crippen molar-refractivity contribution in [3.05, 3.63) is 119 Å². The Balaban J connectivity index is 1.11. The van der Waals surface area contributed by atoms with E-state index in [0.29, 0.717) is 35.0 Å². The number of esters is 1. The Labute approximate surface area is 297 Å². The number of methoxy groups -OCH3 is 1. The highest BCUT2D eigenvalue weighted by Gasteiger charge is 2.40. The fourth-order valence-electron chi connectivity index (χ4n) is 8.59. The van der Waals surface area contributed by atoms with Crippen molar-refractivity contribution in [2.24, 2.45) is 11.8 Å². The zero-order valence-corrected chi connectivity index (χ0v) is 30.1. The normalized spacial score (nSPS) is 21.6. The fraction of sp³-hybridized carbons (Fsp3) is 0.409. The van der Waals surface area contributed by atoms with Crippen molar-refractivity contribution >= 4 is 12.1 Å². The molecule has 4 aromatic rings. The van der Waals surface area contributed by atoms with E-state index in [1.54, 1.807) is 7.11 Å². The Morgan fingerprint density at radius 2 is 1.12 bits per heavy atom. The maximum absolute atomic E-state index is 12.9. The Morgan fingerprint density at radius 3 is 1.62 bits per heavy atom. The monoisotopic (exact) mass is 674 g/mol. The molecule has 6 nitrogen and oxygen atoms in total. The van der Waals surface area contributed by atoms with Crippen molar-refractivity contribution in [2.75, 3.05) is 7.11 Å². The average molecular weight is 675 g/mol. The molecule has 2 saturated carbocycles. The molecule has 2 fully saturated rings. The van der Waals surface area contributed by atoms with Gasteiger partial charge >= 0.3 is 12.1 Å². The highest BCUT2D eigenvalue weighted by Crippen LogP contribution is 2.51. The number of carbonyl (C=O) groups is 2. The van der Waals surface area contributed by atoms with Crippen LogP contribution in [0.25, 0.3) is 0 Å². The van der Waals surface area contributed by atoms with Crippen LogP contribution in [-0.2, 0) is 15.6 Å². The fourth-order valence-corrected chi connectivity index (χ4v) is 8.59. The van der Waals surface area contributed by atoms with Gasteiger partial charge in [-0.15, -0.1) is 0 Å². The van der Waals surface area contributed by atoms with Crippen LogP contribution < -0.4 is 18.9 Å². The van der Waals surface area contributed by atoms with Gasteiger partial charge in [-0.2, -0.15) is 0 Å². The van der Waals surface area contributed by atoms with Gasteiger partial charge in [-0.3, -0.25) is 4.79 Å². The van der Waals surface area contributed by atoms with Gasteiger partial charge in [0.05, 0.1) is 7.11 Å². The first-order valence-electron chi connectivity index (χ1n) is 18.1. The molecule has 6 rings (SSSR count). The van der Waals surface area contributed by atoms with Gasteiger partial charge in [-0.25, -0.2) is 4.79 Å². The van der Waals surface area contributed by atoms with Crippen LogP contribution in [0, 0.1) is 11.8 Å². The zero-order chi connectivity index (χ0) is 35.3. The minimum atomic E-state index is -0.760. The summed E-state index contributed by atoms with van der Waals surface area (Å²) in [5.74, 6) is 3.54. The Hall–Kier alpha value is -4.58. The summed E-state index contributed by atoms with van der Waals surface area (Å²) in [7, 11) is 1.70. The smallest absolute Gasteiger partial charge is 0.497 e. The number of carbonyl (C=O) groups excluding carboxylic acids is 2. The molecule has 2 aliphatic carbocycles. The summed E-state index contributed by atoms with van der Waals surface area (Å²) in [6, 6.07) is 32.2. The first kappa shape index (κ1) is 35.3. The molecular formula is C44H50O6. The van der Waals surface area contributed by atoms with Crippen LogP contribution in [-0.4, -0.2) is 19.2 Å². The topological polar surface area (TPSA) is 71.1 Å². The quantitative estimate of drug-likeness (QED) is 0.1000. The van der Waals surface area contributed by atoms with Crippen LogP contribution >= 0.6 is 0 Å². The van der Waals surface area contributed by atoms with Crippen molar-refractivity contribution in [3.63, 3.8) is 0 Å². The molecule has 0 aliphatic heterocycles. The minimum absolute atomic E-state index is 0.0728. The highest BCUT2D eigenvalue weighted by atomic mass is 16.7. The first-order chi connectivity index (χ1) is 24.1. The number of rotatable bonds is 9. The number of hydrogen-bond acceptors (Lipinski definition) is 6. The summed E-state index contributed by atoms with van der Waals surface area (Å²) in [6.45, 7) is 8.45. The van der Waals surface area contributed by atoms with E-state index in [4.69, 9.17) is 18.9 Å². The molecule has 2 aliphatic rings. The van der Waals surface area contributed by atoms with Crippen LogP contribution in [0.5, 0.6) is 23.0 Å². The third kappa shape index (κ3) is 7.75.